The van der Waals surface area contributed by atoms with Crippen LogP contribution in [-0.4, -0.2) is 40.7 Å². The molecule has 2 aliphatic heterocycles. The minimum absolute atomic E-state index is 0.0495. The van der Waals surface area contributed by atoms with Gasteiger partial charge in [-0.3, -0.25) is 4.79 Å². The number of pyridine rings is 2. The van der Waals surface area contributed by atoms with Crippen LogP contribution in [0.15, 0.2) is 29.1 Å². The van der Waals surface area contributed by atoms with Gasteiger partial charge in [0.05, 0.1) is 35.6 Å². The van der Waals surface area contributed by atoms with Crippen molar-refractivity contribution in [2.45, 2.75) is 77.4 Å². The zero-order valence-electron chi connectivity index (χ0n) is 23.5. The van der Waals surface area contributed by atoms with Gasteiger partial charge in [0.15, 0.2) is 8.32 Å². The van der Waals surface area contributed by atoms with Crippen LogP contribution in [0.1, 0.15) is 56.4 Å². The number of carbonyl (C=O) groups is 2. The number of nitrogens with zero attached hydrogens (tertiary/aromatic N) is 2. The Morgan fingerprint density at radius 3 is 2.58 bits per heavy atom. The van der Waals surface area contributed by atoms with Crippen molar-refractivity contribution < 1.29 is 28.6 Å². The average Bonchev–Trinajstić information content (AvgIpc) is 3.25. The topological polar surface area (TPSA) is 117 Å². The van der Waals surface area contributed by atoms with Gasteiger partial charge < -0.3 is 23.6 Å². The molecule has 0 radical (unpaired) electrons. The molecule has 40 heavy (non-hydrogen) atoms. The number of rotatable bonds is 7. The van der Waals surface area contributed by atoms with Crippen LogP contribution >= 0.6 is 11.6 Å². The molecule has 0 spiro atoms. The summed E-state index contributed by atoms with van der Waals surface area (Å²) in [5.41, 5.74) is 1.15. The summed E-state index contributed by atoms with van der Waals surface area (Å²) in [6, 6.07) is 7.43. The summed E-state index contributed by atoms with van der Waals surface area (Å²) in [7, 11) is -2.44. The van der Waals surface area contributed by atoms with E-state index in [2.05, 4.69) is 6.92 Å². The van der Waals surface area contributed by atoms with Gasteiger partial charge in [0.25, 0.3) is 5.56 Å². The molecule has 1 aromatic carbocycles. The molecule has 212 valence electrons. The van der Waals surface area contributed by atoms with Crippen LogP contribution in [0.2, 0.25) is 18.1 Å². The molecule has 2 aromatic heterocycles. The Morgan fingerprint density at radius 2 is 1.95 bits per heavy atom. The van der Waals surface area contributed by atoms with Crippen molar-refractivity contribution in [1.82, 2.24) is 9.55 Å². The number of aryl methyl sites for hydroxylation is 1. The number of esters is 1. The normalized spacial score (nSPS) is 18.1. The van der Waals surface area contributed by atoms with E-state index >= 15 is 0 Å². The highest BCUT2D eigenvalue weighted by molar-refractivity contribution is 6.72. The number of hydrogen-bond acceptors (Lipinski definition) is 8. The number of carbonyl (C=O) groups excluding carboxylic acids is 2. The molecular formula is C29H33ClN2O7Si. The van der Waals surface area contributed by atoms with Crippen LogP contribution in [0.3, 0.4) is 0 Å². The van der Waals surface area contributed by atoms with Crippen LogP contribution in [0, 0.1) is 0 Å². The summed E-state index contributed by atoms with van der Waals surface area (Å²) in [5.74, 6) is -0.0764. The maximum Gasteiger partial charge on any atom is 0.405 e. The standard InChI is InChI=1S/C29H33ClN2O7Si/c1-7-17-18-11-16(38-15-28(3,4)40(5,6)36)9-10-22(18)31-24-19(17)13-32-23(24)12-21-20(25(32)33)14-37-26(34)29(21,8-2)39-27(30)35/h9-12,36H,7-8,13-15H2,1-6H3. The van der Waals surface area contributed by atoms with Crippen molar-refractivity contribution in [2.24, 2.45) is 0 Å². The number of fused-ring (bicyclic) bond motifs is 5. The van der Waals surface area contributed by atoms with Gasteiger partial charge in [0, 0.05) is 33.2 Å². The second kappa shape index (κ2) is 9.71. The van der Waals surface area contributed by atoms with Gasteiger partial charge in [-0.2, -0.15) is 0 Å². The van der Waals surface area contributed by atoms with E-state index in [0.29, 0.717) is 36.7 Å². The van der Waals surface area contributed by atoms with Crippen molar-refractivity contribution in [3.63, 3.8) is 0 Å². The molecule has 0 saturated heterocycles. The second-order valence-corrected chi connectivity index (χ2v) is 16.4. The zero-order valence-corrected chi connectivity index (χ0v) is 25.3. The molecule has 0 bridgehead atoms. The molecule has 1 unspecified atom stereocenters. The van der Waals surface area contributed by atoms with Crippen molar-refractivity contribution in [2.75, 3.05) is 6.61 Å². The lowest BCUT2D eigenvalue weighted by Gasteiger charge is -2.34. The molecule has 3 aromatic rings. The predicted molar refractivity (Wildman–Crippen MR) is 153 cm³/mol. The Bertz CT molecular complexity index is 1630. The summed E-state index contributed by atoms with van der Waals surface area (Å²) in [5, 5.41) is 0.588. The molecular weight excluding hydrogens is 552 g/mol. The third-order valence-corrected chi connectivity index (χ3v) is 12.1. The van der Waals surface area contributed by atoms with Gasteiger partial charge in [-0.25, -0.2) is 14.6 Å². The van der Waals surface area contributed by atoms with E-state index in [-0.39, 0.29) is 34.8 Å². The van der Waals surface area contributed by atoms with Gasteiger partial charge in [-0.15, -0.1) is 0 Å². The molecule has 5 rings (SSSR count). The predicted octanol–water partition coefficient (Wildman–Crippen LogP) is 5.38. The highest BCUT2D eigenvalue weighted by Gasteiger charge is 2.50. The summed E-state index contributed by atoms with van der Waals surface area (Å²) < 4.78 is 18.4. The van der Waals surface area contributed by atoms with Crippen LogP contribution in [-0.2, 0) is 39.4 Å². The largest absolute Gasteiger partial charge is 0.493 e. The Labute approximate surface area is 238 Å². The van der Waals surface area contributed by atoms with Crippen molar-refractivity contribution in [3.8, 4) is 17.1 Å². The van der Waals surface area contributed by atoms with Crippen LogP contribution in [0.25, 0.3) is 22.3 Å². The quantitative estimate of drug-likeness (QED) is 0.175. The first-order valence-electron chi connectivity index (χ1n) is 13.4. The molecule has 1 atom stereocenters. The van der Waals surface area contributed by atoms with Gasteiger partial charge in [0.2, 0.25) is 5.60 Å². The summed E-state index contributed by atoms with van der Waals surface area (Å²) >= 11 is 5.55. The number of cyclic esters (lactones) is 1. The molecule has 0 aliphatic carbocycles. The zero-order chi connectivity index (χ0) is 29.2. The Kier molecular flexibility index (Phi) is 6.87. The van der Waals surface area contributed by atoms with E-state index < -0.39 is 25.3 Å². The van der Waals surface area contributed by atoms with Crippen molar-refractivity contribution in [1.29, 1.82) is 0 Å². The Hall–Kier alpha value is -3.21. The molecule has 0 amide bonds. The molecule has 2 aliphatic rings. The maximum absolute atomic E-state index is 13.7. The van der Waals surface area contributed by atoms with E-state index in [1.165, 1.54) is 0 Å². The second-order valence-electron chi connectivity index (χ2n) is 11.6. The lowest BCUT2D eigenvalue weighted by Crippen LogP contribution is -2.46. The maximum atomic E-state index is 13.7. The molecule has 4 heterocycles. The van der Waals surface area contributed by atoms with E-state index in [9.17, 15) is 19.2 Å². The molecule has 0 saturated carbocycles. The highest BCUT2D eigenvalue weighted by Crippen LogP contribution is 2.43. The van der Waals surface area contributed by atoms with Crippen LogP contribution < -0.4 is 10.3 Å². The smallest absolute Gasteiger partial charge is 0.405 e. The molecule has 0 fully saturated rings. The number of ether oxygens (including phenoxy) is 3. The van der Waals surface area contributed by atoms with Crippen molar-refractivity contribution in [3.05, 3.63) is 56.9 Å². The number of halogens is 1. The van der Waals surface area contributed by atoms with Crippen LogP contribution in [0.5, 0.6) is 5.75 Å². The number of benzene rings is 1. The first-order chi connectivity index (χ1) is 18.7. The fourth-order valence-electron chi connectivity index (χ4n) is 5.37. The molecule has 9 nitrogen and oxygen atoms in total. The lowest BCUT2D eigenvalue weighted by molar-refractivity contribution is -0.171. The average molecular weight is 585 g/mol. The summed E-state index contributed by atoms with van der Waals surface area (Å²) in [6.45, 7) is 12.0. The first kappa shape index (κ1) is 28.3. The monoisotopic (exact) mass is 584 g/mol. The lowest BCUT2D eigenvalue weighted by atomic mass is 9.85. The molecule has 1 N–H and O–H groups in total. The van der Waals surface area contributed by atoms with Crippen LogP contribution in [0.4, 0.5) is 4.79 Å². The number of hydrogen-bond donors (Lipinski definition) is 1. The SMILES string of the molecule is CCc1c2c(nc3ccc(OCC(C)(C)[Si](C)(C)O)cc13)-c1cc3c(c(=O)n1C2)COC(=O)C3(CC)OC(=O)Cl. The Morgan fingerprint density at radius 1 is 1.23 bits per heavy atom. The first-order valence-corrected chi connectivity index (χ1v) is 16.7. The fraction of sp³-hybridized carbons (Fsp3) is 0.448. The minimum Gasteiger partial charge on any atom is -0.493 e. The highest BCUT2D eigenvalue weighted by atomic mass is 35.5. The minimum atomic E-state index is -2.44. The van der Waals surface area contributed by atoms with E-state index in [1.807, 2.05) is 45.1 Å². The van der Waals surface area contributed by atoms with Gasteiger partial charge in [0.1, 0.15) is 12.4 Å². The fourth-order valence-corrected chi connectivity index (χ4v) is 5.93. The van der Waals surface area contributed by atoms with Gasteiger partial charge >= 0.3 is 11.4 Å². The van der Waals surface area contributed by atoms with E-state index in [0.717, 1.165) is 22.0 Å². The van der Waals surface area contributed by atoms with Gasteiger partial charge in [-0.1, -0.05) is 27.7 Å². The Balaban J connectivity index is 1.63. The summed E-state index contributed by atoms with van der Waals surface area (Å²) in [4.78, 5) is 53.9. The third-order valence-electron chi connectivity index (χ3n) is 8.61. The third kappa shape index (κ3) is 4.33. The van der Waals surface area contributed by atoms with Crippen molar-refractivity contribution >= 4 is 42.2 Å². The summed E-state index contributed by atoms with van der Waals surface area (Å²) in [6.07, 6.45) is 0.744. The van der Waals surface area contributed by atoms with Gasteiger partial charge in [-0.05, 0) is 55.8 Å². The number of aromatic nitrogens is 2. The van der Waals surface area contributed by atoms with E-state index in [1.54, 1.807) is 17.6 Å². The molecule has 11 heteroatoms. The van der Waals surface area contributed by atoms with E-state index in [4.69, 9.17) is 30.8 Å².